The van der Waals surface area contributed by atoms with E-state index < -0.39 is 0 Å². The molecule has 0 spiro atoms. The first kappa shape index (κ1) is 16.6. The van der Waals surface area contributed by atoms with E-state index in [1.807, 2.05) is 38.1 Å². The van der Waals surface area contributed by atoms with Crippen molar-refractivity contribution in [2.75, 3.05) is 6.54 Å². The number of nitrogens with one attached hydrogen (secondary N) is 1. The lowest BCUT2D eigenvalue weighted by Crippen LogP contribution is -2.24. The molecule has 0 atom stereocenters. The maximum Gasteiger partial charge on any atom is 0.251 e. The van der Waals surface area contributed by atoms with Crippen molar-refractivity contribution in [1.82, 2.24) is 15.1 Å². The van der Waals surface area contributed by atoms with Gasteiger partial charge in [-0.3, -0.25) is 4.79 Å². The molecule has 4 nitrogen and oxygen atoms in total. The van der Waals surface area contributed by atoms with Gasteiger partial charge in [-0.2, -0.15) is 5.10 Å². The minimum atomic E-state index is -0.0333. The number of carbonyl (C=O) groups is 1. The number of aromatic nitrogens is 2. The first-order valence-corrected chi connectivity index (χ1v) is 8.02. The molecular formula is C17H22ClN3O. The molecule has 0 unspecified atom stereocenters. The van der Waals surface area contributed by atoms with E-state index >= 15 is 0 Å². The van der Waals surface area contributed by atoms with Crippen LogP contribution < -0.4 is 5.32 Å². The Morgan fingerprint density at radius 3 is 2.45 bits per heavy atom. The van der Waals surface area contributed by atoms with E-state index in [4.69, 9.17) is 11.6 Å². The van der Waals surface area contributed by atoms with Gasteiger partial charge in [0.05, 0.1) is 22.1 Å². The van der Waals surface area contributed by atoms with Crippen LogP contribution in [0.4, 0.5) is 0 Å². The molecule has 0 aliphatic rings. The fourth-order valence-electron chi connectivity index (χ4n) is 2.31. The van der Waals surface area contributed by atoms with Crippen LogP contribution >= 0.6 is 11.6 Å². The maximum absolute atomic E-state index is 12.0. The van der Waals surface area contributed by atoms with Crippen LogP contribution in [0.5, 0.6) is 0 Å². The molecule has 1 heterocycles. The van der Waals surface area contributed by atoms with Crippen LogP contribution in [0.3, 0.4) is 0 Å². The number of carbonyl (C=O) groups excluding carboxylic acids is 1. The monoisotopic (exact) mass is 319 g/mol. The molecule has 5 heteroatoms. The average molecular weight is 320 g/mol. The summed E-state index contributed by atoms with van der Waals surface area (Å²) in [5, 5.41) is 8.02. The van der Waals surface area contributed by atoms with Gasteiger partial charge in [0.25, 0.3) is 5.91 Å². The van der Waals surface area contributed by atoms with Crippen molar-refractivity contribution in [3.63, 3.8) is 0 Å². The van der Waals surface area contributed by atoms with Crippen molar-refractivity contribution in [2.45, 2.75) is 40.0 Å². The lowest BCUT2D eigenvalue weighted by Gasteiger charge is -2.07. The van der Waals surface area contributed by atoms with Crippen molar-refractivity contribution in [3.8, 4) is 5.69 Å². The van der Waals surface area contributed by atoms with Gasteiger partial charge in [-0.1, -0.05) is 31.4 Å². The number of aryl methyl sites for hydroxylation is 1. The summed E-state index contributed by atoms with van der Waals surface area (Å²) in [5.74, 6) is -0.0333. The van der Waals surface area contributed by atoms with Crippen molar-refractivity contribution in [3.05, 3.63) is 46.2 Å². The van der Waals surface area contributed by atoms with E-state index in [1.54, 1.807) is 4.68 Å². The Morgan fingerprint density at radius 1 is 1.23 bits per heavy atom. The highest BCUT2D eigenvalue weighted by atomic mass is 35.5. The minimum Gasteiger partial charge on any atom is -0.352 e. The van der Waals surface area contributed by atoms with E-state index in [0.717, 1.165) is 42.9 Å². The molecule has 22 heavy (non-hydrogen) atoms. The van der Waals surface area contributed by atoms with Gasteiger partial charge in [-0.25, -0.2) is 4.68 Å². The number of unbranched alkanes of at least 4 members (excludes halogenated alkanes) is 2. The summed E-state index contributed by atoms with van der Waals surface area (Å²) in [5.41, 5.74) is 3.26. The molecule has 0 radical (unpaired) electrons. The Morgan fingerprint density at radius 2 is 1.91 bits per heavy atom. The predicted octanol–water partition coefficient (Wildman–Crippen LogP) is 4.06. The van der Waals surface area contributed by atoms with Gasteiger partial charge in [0.1, 0.15) is 0 Å². The number of hydrogen-bond donors (Lipinski definition) is 1. The van der Waals surface area contributed by atoms with Gasteiger partial charge in [-0.15, -0.1) is 0 Å². The average Bonchev–Trinajstić information content (AvgIpc) is 2.79. The Bertz CT molecular complexity index is 647. The highest BCUT2D eigenvalue weighted by Gasteiger charge is 2.11. The van der Waals surface area contributed by atoms with Crippen LogP contribution in [0.15, 0.2) is 24.3 Å². The number of nitrogens with zero attached hydrogens (tertiary/aromatic N) is 2. The third-order valence-corrected chi connectivity index (χ3v) is 4.19. The van der Waals surface area contributed by atoms with E-state index in [-0.39, 0.29) is 5.91 Å². The Labute approximate surface area is 136 Å². The second kappa shape index (κ2) is 7.45. The van der Waals surface area contributed by atoms with Gasteiger partial charge in [0.15, 0.2) is 0 Å². The van der Waals surface area contributed by atoms with E-state index in [9.17, 15) is 4.79 Å². The Hall–Kier alpha value is -1.81. The van der Waals surface area contributed by atoms with E-state index in [0.29, 0.717) is 10.6 Å². The predicted molar refractivity (Wildman–Crippen MR) is 89.9 cm³/mol. The molecule has 0 aliphatic carbocycles. The van der Waals surface area contributed by atoms with Crippen molar-refractivity contribution in [1.29, 1.82) is 0 Å². The summed E-state index contributed by atoms with van der Waals surface area (Å²) in [4.78, 5) is 12.0. The molecule has 1 aromatic heterocycles. The smallest absolute Gasteiger partial charge is 0.251 e. The number of halogens is 1. The van der Waals surface area contributed by atoms with Gasteiger partial charge in [0.2, 0.25) is 0 Å². The quantitative estimate of drug-likeness (QED) is 0.816. The summed E-state index contributed by atoms with van der Waals surface area (Å²) in [6, 6.07) is 7.40. The van der Waals surface area contributed by atoms with Crippen LogP contribution in [-0.2, 0) is 0 Å². The SMILES string of the molecule is CCCCCNC(=O)c1ccc(-n2nc(C)c(Cl)c2C)cc1. The minimum absolute atomic E-state index is 0.0333. The molecule has 1 N–H and O–H groups in total. The molecular weight excluding hydrogens is 298 g/mol. The lowest BCUT2D eigenvalue weighted by atomic mass is 10.2. The van der Waals surface area contributed by atoms with Crippen LogP contribution in [0, 0.1) is 13.8 Å². The van der Waals surface area contributed by atoms with Crippen molar-refractivity contribution >= 4 is 17.5 Å². The molecule has 118 valence electrons. The third-order valence-electron chi connectivity index (χ3n) is 3.64. The summed E-state index contributed by atoms with van der Waals surface area (Å²) in [7, 11) is 0. The standard InChI is InChI=1S/C17H22ClN3O/c1-4-5-6-11-19-17(22)14-7-9-15(10-8-14)21-13(3)16(18)12(2)20-21/h7-10H,4-6,11H2,1-3H3,(H,19,22). The van der Waals surface area contributed by atoms with Gasteiger partial charge in [-0.05, 0) is 44.5 Å². The molecule has 0 saturated heterocycles. The summed E-state index contributed by atoms with van der Waals surface area (Å²) in [6.07, 6.45) is 3.30. The highest BCUT2D eigenvalue weighted by molar-refractivity contribution is 6.31. The number of benzene rings is 1. The fourth-order valence-corrected chi connectivity index (χ4v) is 2.43. The van der Waals surface area contributed by atoms with E-state index in [2.05, 4.69) is 17.3 Å². The summed E-state index contributed by atoms with van der Waals surface area (Å²) < 4.78 is 1.79. The van der Waals surface area contributed by atoms with E-state index in [1.165, 1.54) is 0 Å². The Balaban J connectivity index is 2.07. The number of hydrogen-bond acceptors (Lipinski definition) is 2. The first-order valence-electron chi connectivity index (χ1n) is 7.65. The van der Waals surface area contributed by atoms with Crippen LogP contribution in [-0.4, -0.2) is 22.2 Å². The van der Waals surface area contributed by atoms with Gasteiger partial charge < -0.3 is 5.32 Å². The molecule has 0 bridgehead atoms. The lowest BCUT2D eigenvalue weighted by molar-refractivity contribution is 0.0953. The molecule has 0 fully saturated rings. The molecule has 0 aliphatic heterocycles. The molecule has 1 aromatic carbocycles. The first-order chi connectivity index (χ1) is 10.5. The molecule has 0 saturated carbocycles. The zero-order valence-electron chi connectivity index (χ0n) is 13.3. The van der Waals surface area contributed by atoms with Crippen LogP contribution in [0.1, 0.15) is 47.9 Å². The highest BCUT2D eigenvalue weighted by Crippen LogP contribution is 2.22. The maximum atomic E-state index is 12.0. The Kier molecular flexibility index (Phi) is 5.61. The number of amides is 1. The topological polar surface area (TPSA) is 46.9 Å². The normalized spacial score (nSPS) is 10.7. The fraction of sp³-hybridized carbons (Fsp3) is 0.412. The number of rotatable bonds is 6. The van der Waals surface area contributed by atoms with Gasteiger partial charge in [0, 0.05) is 12.1 Å². The molecule has 1 amide bonds. The van der Waals surface area contributed by atoms with Gasteiger partial charge >= 0.3 is 0 Å². The second-order valence-corrected chi connectivity index (χ2v) is 5.78. The zero-order chi connectivity index (χ0) is 16.1. The van der Waals surface area contributed by atoms with Crippen LogP contribution in [0.2, 0.25) is 5.02 Å². The van der Waals surface area contributed by atoms with Crippen molar-refractivity contribution in [2.24, 2.45) is 0 Å². The summed E-state index contributed by atoms with van der Waals surface area (Å²) >= 11 is 6.17. The molecule has 2 aromatic rings. The van der Waals surface area contributed by atoms with Crippen molar-refractivity contribution < 1.29 is 4.79 Å². The largest absolute Gasteiger partial charge is 0.352 e. The molecule has 2 rings (SSSR count). The third kappa shape index (κ3) is 3.69. The second-order valence-electron chi connectivity index (χ2n) is 5.41. The zero-order valence-corrected chi connectivity index (χ0v) is 14.1. The summed E-state index contributed by atoms with van der Waals surface area (Å²) in [6.45, 7) is 6.67. The van der Waals surface area contributed by atoms with Crippen LogP contribution in [0.25, 0.3) is 5.69 Å².